The lowest BCUT2D eigenvalue weighted by Gasteiger charge is -2.24. The number of anilines is 1. The molecule has 0 aliphatic carbocycles. The zero-order chi connectivity index (χ0) is 26.1. The van der Waals surface area contributed by atoms with Crippen molar-refractivity contribution in [3.8, 4) is 23.0 Å². The van der Waals surface area contributed by atoms with Crippen LogP contribution in [0.25, 0.3) is 0 Å². The molecule has 1 amide bonds. The van der Waals surface area contributed by atoms with E-state index in [1.54, 1.807) is 61.7 Å². The van der Waals surface area contributed by atoms with Gasteiger partial charge in [-0.25, -0.2) is 8.42 Å². The molecule has 0 bridgehead atoms. The van der Waals surface area contributed by atoms with Crippen LogP contribution in [-0.2, 0) is 16.6 Å². The van der Waals surface area contributed by atoms with Crippen molar-refractivity contribution in [1.82, 2.24) is 5.32 Å². The first-order chi connectivity index (χ1) is 17.3. The standard InChI is InChI=1S/C26H30N2O7S/c1-32-21-13-14-22(25(17-21)34-3)28(36(4,30)31)18-19-9-11-20(12-10-19)26(29)27-15-16-35-24-8-6-5-7-23(24)33-2/h5-14,17H,15-16,18H2,1-4H3,(H,27,29). The number of amides is 1. The Morgan fingerprint density at radius 1 is 0.861 bits per heavy atom. The molecule has 0 spiro atoms. The third-order valence-corrected chi connectivity index (χ3v) is 6.44. The summed E-state index contributed by atoms with van der Waals surface area (Å²) in [7, 11) is 0.926. The van der Waals surface area contributed by atoms with Crippen molar-refractivity contribution in [3.05, 3.63) is 77.9 Å². The summed E-state index contributed by atoms with van der Waals surface area (Å²) in [5.74, 6) is 1.87. The molecule has 0 unspecified atom stereocenters. The van der Waals surface area contributed by atoms with Gasteiger partial charge in [0.15, 0.2) is 11.5 Å². The molecule has 0 heterocycles. The molecular formula is C26H30N2O7S. The summed E-state index contributed by atoms with van der Waals surface area (Å²) in [5.41, 5.74) is 1.54. The number of benzene rings is 3. The number of sulfonamides is 1. The third kappa shape index (κ3) is 6.82. The normalized spacial score (nSPS) is 10.9. The topological polar surface area (TPSA) is 103 Å². The number of ether oxygens (including phenoxy) is 4. The molecule has 3 aromatic rings. The smallest absolute Gasteiger partial charge is 0.251 e. The summed E-state index contributed by atoms with van der Waals surface area (Å²) in [6.07, 6.45) is 1.13. The number of para-hydroxylation sites is 2. The molecule has 3 rings (SSSR count). The summed E-state index contributed by atoms with van der Waals surface area (Å²) in [6.45, 7) is 0.644. The van der Waals surface area contributed by atoms with E-state index in [4.69, 9.17) is 18.9 Å². The van der Waals surface area contributed by atoms with Crippen LogP contribution in [0.15, 0.2) is 66.7 Å². The number of methoxy groups -OCH3 is 3. The second-order valence-electron chi connectivity index (χ2n) is 7.76. The first kappa shape index (κ1) is 26.7. The molecule has 192 valence electrons. The van der Waals surface area contributed by atoms with E-state index >= 15 is 0 Å². The summed E-state index contributed by atoms with van der Waals surface area (Å²) >= 11 is 0. The van der Waals surface area contributed by atoms with Gasteiger partial charge in [-0.2, -0.15) is 0 Å². The lowest BCUT2D eigenvalue weighted by atomic mass is 10.1. The SMILES string of the molecule is COc1ccc(N(Cc2ccc(C(=O)NCCOc3ccccc3OC)cc2)S(C)(=O)=O)c(OC)c1. The number of carbonyl (C=O) groups excluding carboxylic acids is 1. The van der Waals surface area contributed by atoms with Gasteiger partial charge < -0.3 is 24.3 Å². The maximum Gasteiger partial charge on any atom is 0.251 e. The van der Waals surface area contributed by atoms with Crippen LogP contribution >= 0.6 is 0 Å². The molecule has 0 atom stereocenters. The first-order valence-corrected chi connectivity index (χ1v) is 12.9. The molecule has 0 aromatic heterocycles. The van der Waals surface area contributed by atoms with Crippen molar-refractivity contribution >= 4 is 21.6 Å². The van der Waals surface area contributed by atoms with Crippen LogP contribution in [-0.4, -0.2) is 55.1 Å². The Bertz CT molecular complexity index is 1280. The van der Waals surface area contributed by atoms with E-state index in [2.05, 4.69) is 5.32 Å². The third-order valence-electron chi connectivity index (χ3n) is 5.31. The molecule has 0 aliphatic heterocycles. The Morgan fingerprint density at radius 3 is 2.14 bits per heavy atom. The van der Waals surface area contributed by atoms with Gasteiger partial charge in [-0.05, 0) is 42.0 Å². The summed E-state index contributed by atoms with van der Waals surface area (Å²) in [6, 6.07) is 18.9. The maximum absolute atomic E-state index is 12.6. The lowest BCUT2D eigenvalue weighted by Crippen LogP contribution is -2.30. The van der Waals surface area contributed by atoms with E-state index in [0.717, 1.165) is 6.26 Å². The number of rotatable bonds is 12. The molecule has 0 aliphatic rings. The Hall–Kier alpha value is -3.92. The van der Waals surface area contributed by atoms with Crippen molar-refractivity contribution in [3.63, 3.8) is 0 Å². The van der Waals surface area contributed by atoms with Gasteiger partial charge >= 0.3 is 0 Å². The Balaban J connectivity index is 1.63. The second kappa shape index (κ2) is 12.2. The van der Waals surface area contributed by atoms with E-state index in [-0.39, 0.29) is 19.1 Å². The van der Waals surface area contributed by atoms with Crippen molar-refractivity contribution in [2.45, 2.75) is 6.54 Å². The molecule has 0 saturated carbocycles. The number of nitrogens with one attached hydrogen (secondary N) is 1. The molecule has 9 nitrogen and oxygen atoms in total. The molecule has 0 fully saturated rings. The fraction of sp³-hybridized carbons (Fsp3) is 0.269. The highest BCUT2D eigenvalue weighted by Gasteiger charge is 2.22. The Labute approximate surface area is 211 Å². The lowest BCUT2D eigenvalue weighted by molar-refractivity contribution is 0.0946. The van der Waals surface area contributed by atoms with Crippen molar-refractivity contribution in [2.75, 3.05) is 45.0 Å². The van der Waals surface area contributed by atoms with Gasteiger partial charge in [-0.15, -0.1) is 0 Å². The summed E-state index contributed by atoms with van der Waals surface area (Å²) in [5, 5.41) is 2.80. The predicted molar refractivity (Wildman–Crippen MR) is 138 cm³/mol. The molecule has 3 aromatic carbocycles. The van der Waals surface area contributed by atoms with Crippen molar-refractivity contribution in [1.29, 1.82) is 0 Å². The molecule has 0 radical (unpaired) electrons. The van der Waals surface area contributed by atoms with E-state index in [1.165, 1.54) is 18.5 Å². The van der Waals surface area contributed by atoms with E-state index in [0.29, 0.717) is 46.4 Å². The summed E-state index contributed by atoms with van der Waals surface area (Å²) in [4.78, 5) is 12.5. The second-order valence-corrected chi connectivity index (χ2v) is 9.67. The van der Waals surface area contributed by atoms with Gasteiger partial charge in [0.25, 0.3) is 5.91 Å². The fourth-order valence-electron chi connectivity index (χ4n) is 3.47. The van der Waals surface area contributed by atoms with Crippen LogP contribution in [0, 0.1) is 0 Å². The largest absolute Gasteiger partial charge is 0.497 e. The van der Waals surface area contributed by atoms with Crippen LogP contribution < -0.4 is 28.6 Å². The minimum Gasteiger partial charge on any atom is -0.497 e. The minimum atomic E-state index is -3.63. The van der Waals surface area contributed by atoms with E-state index in [9.17, 15) is 13.2 Å². The summed E-state index contributed by atoms with van der Waals surface area (Å²) < 4.78 is 47.9. The Kier molecular flexibility index (Phi) is 9.02. The minimum absolute atomic E-state index is 0.0656. The highest BCUT2D eigenvalue weighted by atomic mass is 32.2. The van der Waals surface area contributed by atoms with Gasteiger partial charge in [0.1, 0.15) is 18.1 Å². The molecule has 1 N–H and O–H groups in total. The van der Waals surface area contributed by atoms with Gasteiger partial charge in [0, 0.05) is 11.6 Å². The number of hydrogen-bond acceptors (Lipinski definition) is 7. The van der Waals surface area contributed by atoms with Crippen molar-refractivity contribution < 1.29 is 32.2 Å². The van der Waals surface area contributed by atoms with Crippen LogP contribution in [0.2, 0.25) is 0 Å². The van der Waals surface area contributed by atoms with Crippen LogP contribution in [0.3, 0.4) is 0 Å². The average molecular weight is 515 g/mol. The predicted octanol–water partition coefficient (Wildman–Crippen LogP) is 3.49. The number of nitrogens with zero attached hydrogens (tertiary/aromatic N) is 1. The van der Waals surface area contributed by atoms with Gasteiger partial charge in [-0.1, -0.05) is 24.3 Å². The number of hydrogen-bond donors (Lipinski definition) is 1. The molecule has 36 heavy (non-hydrogen) atoms. The molecule has 0 saturated heterocycles. The zero-order valence-corrected chi connectivity index (χ0v) is 21.5. The zero-order valence-electron chi connectivity index (χ0n) is 20.7. The molecular weight excluding hydrogens is 484 g/mol. The van der Waals surface area contributed by atoms with Gasteiger partial charge in [-0.3, -0.25) is 9.10 Å². The van der Waals surface area contributed by atoms with E-state index in [1.807, 2.05) is 12.1 Å². The van der Waals surface area contributed by atoms with E-state index < -0.39 is 10.0 Å². The first-order valence-electron chi connectivity index (χ1n) is 11.1. The monoisotopic (exact) mass is 514 g/mol. The van der Waals surface area contributed by atoms with Crippen LogP contribution in [0.1, 0.15) is 15.9 Å². The van der Waals surface area contributed by atoms with Crippen molar-refractivity contribution in [2.24, 2.45) is 0 Å². The maximum atomic E-state index is 12.6. The number of carbonyl (C=O) groups is 1. The fourth-order valence-corrected chi connectivity index (χ4v) is 4.36. The highest BCUT2D eigenvalue weighted by molar-refractivity contribution is 7.92. The Morgan fingerprint density at radius 2 is 1.53 bits per heavy atom. The average Bonchev–Trinajstić information content (AvgIpc) is 2.89. The molecule has 10 heteroatoms. The van der Waals surface area contributed by atoms with Gasteiger partial charge in [0.2, 0.25) is 10.0 Å². The highest BCUT2D eigenvalue weighted by Crippen LogP contribution is 2.34. The van der Waals surface area contributed by atoms with Crippen LogP contribution in [0.5, 0.6) is 23.0 Å². The van der Waals surface area contributed by atoms with Gasteiger partial charge in [0.05, 0.1) is 46.4 Å². The van der Waals surface area contributed by atoms with Crippen LogP contribution in [0.4, 0.5) is 5.69 Å². The quantitative estimate of drug-likeness (QED) is 0.369.